The second kappa shape index (κ2) is 6.57. The van der Waals surface area contributed by atoms with Gasteiger partial charge in [0, 0.05) is 27.6 Å². The summed E-state index contributed by atoms with van der Waals surface area (Å²) in [7, 11) is 0. The molecule has 24 heavy (non-hydrogen) atoms. The summed E-state index contributed by atoms with van der Waals surface area (Å²) in [5.74, 6) is 0.753. The van der Waals surface area contributed by atoms with Gasteiger partial charge in [0.25, 0.3) is 0 Å². The molecular formula is C18H18BrClN4. The molecule has 0 saturated carbocycles. The lowest BCUT2D eigenvalue weighted by molar-refractivity contribution is 0.757. The van der Waals surface area contributed by atoms with E-state index in [0.717, 1.165) is 21.5 Å². The maximum atomic E-state index is 8.52. The average molecular weight is 406 g/mol. The highest BCUT2D eigenvalue weighted by Gasteiger charge is 2.30. The van der Waals surface area contributed by atoms with Crippen LogP contribution in [0.4, 0.5) is 17.1 Å². The first-order chi connectivity index (χ1) is 11.4. The zero-order valence-corrected chi connectivity index (χ0v) is 15.8. The van der Waals surface area contributed by atoms with Crippen LogP contribution in [0.25, 0.3) is 0 Å². The van der Waals surface area contributed by atoms with E-state index >= 15 is 0 Å². The Morgan fingerprint density at radius 1 is 1.17 bits per heavy atom. The van der Waals surface area contributed by atoms with Crippen LogP contribution in [0.3, 0.4) is 0 Å². The number of halogens is 2. The summed E-state index contributed by atoms with van der Waals surface area (Å²) in [6, 6.07) is 13.6. The van der Waals surface area contributed by atoms with Crippen molar-refractivity contribution in [3.63, 3.8) is 0 Å². The van der Waals surface area contributed by atoms with E-state index in [9.17, 15) is 0 Å². The summed E-state index contributed by atoms with van der Waals surface area (Å²) in [4.78, 5) is 3.89. The maximum Gasteiger partial charge on any atom is 0.111 e. The van der Waals surface area contributed by atoms with Crippen LogP contribution in [-0.2, 0) is 0 Å². The summed E-state index contributed by atoms with van der Waals surface area (Å²) in [6.45, 7) is 4.39. The van der Waals surface area contributed by atoms with Gasteiger partial charge in [0.2, 0.25) is 0 Å². The van der Waals surface area contributed by atoms with E-state index in [-0.39, 0.29) is 5.92 Å². The SMILES string of the molecule is CC(=N)N1C(=N)[C@H](C)CN(c2ccc(Cl)cc2)c2cc(Br)ccc21. The number of nitrogens with one attached hydrogen (secondary N) is 2. The third kappa shape index (κ3) is 3.06. The predicted molar refractivity (Wildman–Crippen MR) is 105 cm³/mol. The average Bonchev–Trinajstić information content (AvgIpc) is 2.64. The summed E-state index contributed by atoms with van der Waals surface area (Å²) >= 11 is 9.57. The van der Waals surface area contributed by atoms with Gasteiger partial charge >= 0.3 is 0 Å². The van der Waals surface area contributed by atoms with Gasteiger partial charge in [-0.05, 0) is 49.4 Å². The molecule has 1 atom stereocenters. The minimum absolute atomic E-state index is 0.0212. The van der Waals surface area contributed by atoms with Crippen LogP contribution >= 0.6 is 27.5 Å². The van der Waals surface area contributed by atoms with Crippen LogP contribution in [-0.4, -0.2) is 18.2 Å². The molecule has 0 unspecified atom stereocenters. The fourth-order valence-corrected chi connectivity index (χ4v) is 3.41. The summed E-state index contributed by atoms with van der Waals surface area (Å²) in [6.07, 6.45) is 0. The van der Waals surface area contributed by atoms with E-state index in [2.05, 4.69) is 20.8 Å². The minimum Gasteiger partial charge on any atom is -0.339 e. The highest BCUT2D eigenvalue weighted by Crippen LogP contribution is 2.40. The summed E-state index contributed by atoms with van der Waals surface area (Å²) in [5.41, 5.74) is 2.82. The topological polar surface area (TPSA) is 54.2 Å². The standard InChI is InChI=1S/C18H18BrClN4/c1-11-10-23(15-6-4-14(20)5-7-15)17-9-13(19)3-8-16(17)24(12(2)21)18(11)22/h3-9,11,21-22H,10H2,1-2H3/t11-/m1/s1. The molecule has 124 valence electrons. The van der Waals surface area contributed by atoms with Gasteiger partial charge in [-0.15, -0.1) is 0 Å². The number of hydrogen-bond donors (Lipinski definition) is 2. The first-order valence-corrected chi connectivity index (χ1v) is 8.82. The number of hydrogen-bond acceptors (Lipinski definition) is 3. The minimum atomic E-state index is -0.0212. The molecule has 6 heteroatoms. The van der Waals surface area contributed by atoms with Gasteiger partial charge in [-0.25, -0.2) is 0 Å². The Balaban J connectivity index is 2.21. The van der Waals surface area contributed by atoms with Crippen LogP contribution in [0.1, 0.15) is 13.8 Å². The second-order valence-electron chi connectivity index (χ2n) is 5.93. The fraction of sp³-hybridized carbons (Fsp3) is 0.222. The van der Waals surface area contributed by atoms with E-state index in [4.69, 9.17) is 22.4 Å². The molecule has 2 aromatic rings. The Labute approximate surface area is 155 Å². The lowest BCUT2D eigenvalue weighted by Gasteiger charge is -2.27. The van der Waals surface area contributed by atoms with Crippen molar-refractivity contribution in [2.24, 2.45) is 5.92 Å². The molecule has 1 aliphatic rings. The molecule has 3 rings (SSSR count). The monoisotopic (exact) mass is 404 g/mol. The van der Waals surface area contributed by atoms with E-state index in [1.54, 1.807) is 11.8 Å². The van der Waals surface area contributed by atoms with Gasteiger partial charge < -0.3 is 4.90 Å². The molecule has 0 spiro atoms. The Morgan fingerprint density at radius 3 is 2.46 bits per heavy atom. The zero-order chi connectivity index (χ0) is 17.4. The Kier molecular flexibility index (Phi) is 4.65. The molecule has 0 bridgehead atoms. The van der Waals surface area contributed by atoms with Crippen LogP contribution < -0.4 is 9.80 Å². The van der Waals surface area contributed by atoms with E-state index in [1.165, 1.54) is 0 Å². The number of amidine groups is 2. The van der Waals surface area contributed by atoms with E-state index < -0.39 is 0 Å². The van der Waals surface area contributed by atoms with Gasteiger partial charge in [-0.3, -0.25) is 15.7 Å². The summed E-state index contributed by atoms with van der Waals surface area (Å²) in [5, 5.41) is 17.3. The first kappa shape index (κ1) is 17.0. The molecule has 2 aromatic carbocycles. The molecule has 4 nitrogen and oxygen atoms in total. The van der Waals surface area contributed by atoms with Crippen molar-refractivity contribution in [1.82, 2.24) is 0 Å². The van der Waals surface area contributed by atoms with Crippen LogP contribution in [0.5, 0.6) is 0 Å². The van der Waals surface area contributed by atoms with Crippen molar-refractivity contribution in [2.75, 3.05) is 16.3 Å². The number of benzene rings is 2. The molecule has 1 heterocycles. The second-order valence-corrected chi connectivity index (χ2v) is 7.28. The lowest BCUT2D eigenvalue weighted by Crippen LogP contribution is -2.38. The van der Waals surface area contributed by atoms with Gasteiger partial charge in [-0.1, -0.05) is 34.5 Å². The van der Waals surface area contributed by atoms with Crippen molar-refractivity contribution < 1.29 is 0 Å². The molecule has 0 saturated heterocycles. The van der Waals surface area contributed by atoms with Crippen molar-refractivity contribution in [3.8, 4) is 0 Å². The fourth-order valence-electron chi connectivity index (χ4n) is 2.94. The molecule has 0 amide bonds. The molecule has 2 N–H and O–H groups in total. The lowest BCUT2D eigenvalue weighted by atomic mass is 10.1. The molecule has 1 aliphatic heterocycles. The van der Waals surface area contributed by atoms with Crippen molar-refractivity contribution >= 4 is 56.3 Å². The van der Waals surface area contributed by atoms with Crippen molar-refractivity contribution in [2.45, 2.75) is 13.8 Å². The third-order valence-electron chi connectivity index (χ3n) is 4.11. The zero-order valence-electron chi connectivity index (χ0n) is 13.5. The maximum absolute atomic E-state index is 8.52. The van der Waals surface area contributed by atoms with Crippen molar-refractivity contribution in [1.29, 1.82) is 10.8 Å². The van der Waals surface area contributed by atoms with Gasteiger partial charge in [0.1, 0.15) is 11.7 Å². The Bertz CT molecular complexity index is 803. The van der Waals surface area contributed by atoms with Crippen LogP contribution in [0.2, 0.25) is 5.02 Å². The number of rotatable bonds is 1. The number of anilines is 3. The predicted octanol–water partition coefficient (Wildman–Crippen LogP) is 5.67. The third-order valence-corrected chi connectivity index (χ3v) is 4.85. The van der Waals surface area contributed by atoms with Gasteiger partial charge in [0.15, 0.2) is 0 Å². The molecule has 0 aliphatic carbocycles. The van der Waals surface area contributed by atoms with Crippen LogP contribution in [0.15, 0.2) is 46.9 Å². The molecule has 0 aromatic heterocycles. The molecule has 0 fully saturated rings. The quantitative estimate of drug-likeness (QED) is 0.474. The molecule has 0 radical (unpaired) electrons. The highest BCUT2D eigenvalue weighted by atomic mass is 79.9. The smallest absolute Gasteiger partial charge is 0.111 e. The van der Waals surface area contributed by atoms with E-state index in [0.29, 0.717) is 23.2 Å². The molecular weight excluding hydrogens is 388 g/mol. The van der Waals surface area contributed by atoms with Crippen molar-refractivity contribution in [3.05, 3.63) is 52.0 Å². The highest BCUT2D eigenvalue weighted by molar-refractivity contribution is 9.10. The Morgan fingerprint density at radius 2 is 1.83 bits per heavy atom. The van der Waals surface area contributed by atoms with Gasteiger partial charge in [-0.2, -0.15) is 0 Å². The Hall–Kier alpha value is -1.85. The van der Waals surface area contributed by atoms with Crippen LogP contribution in [0, 0.1) is 16.7 Å². The normalized spacial score (nSPS) is 17.5. The first-order valence-electron chi connectivity index (χ1n) is 7.65. The van der Waals surface area contributed by atoms with E-state index in [1.807, 2.05) is 49.4 Å². The largest absolute Gasteiger partial charge is 0.339 e. The summed E-state index contributed by atoms with van der Waals surface area (Å²) < 4.78 is 0.962. The number of fused-ring (bicyclic) bond motifs is 1. The number of nitrogens with zero attached hydrogens (tertiary/aromatic N) is 2. The van der Waals surface area contributed by atoms with Gasteiger partial charge in [0.05, 0.1) is 11.4 Å².